The molecule has 1 aromatic heterocycles. The van der Waals surface area contributed by atoms with Crippen molar-refractivity contribution < 1.29 is 9.63 Å². The van der Waals surface area contributed by atoms with Crippen molar-refractivity contribution in [3.05, 3.63) is 35.2 Å². The summed E-state index contributed by atoms with van der Waals surface area (Å²) in [5.41, 5.74) is 0.858. The van der Waals surface area contributed by atoms with Crippen molar-refractivity contribution >= 4 is 11.6 Å². The van der Waals surface area contributed by atoms with Crippen LogP contribution in [0.3, 0.4) is 0 Å². The van der Waals surface area contributed by atoms with Gasteiger partial charge in [0.15, 0.2) is 0 Å². The molecule has 1 aliphatic heterocycles. The first kappa shape index (κ1) is 17.4. The number of benzene rings is 1. The summed E-state index contributed by atoms with van der Waals surface area (Å²) in [4.78, 5) is 6.77. The zero-order chi connectivity index (χ0) is 17.1. The van der Waals surface area contributed by atoms with E-state index >= 15 is 0 Å². The Bertz CT molecular complexity index is 666. The number of halogens is 1. The maximum Gasteiger partial charge on any atom is 0.241 e. The number of likely N-dealkylation sites (tertiary alicyclic amines) is 1. The SMILES string of the molecule is CC(C)C(O)C1CCN(Cc2nc(-c3cccc(Cl)c3)no2)CC1. The highest BCUT2D eigenvalue weighted by atomic mass is 35.5. The summed E-state index contributed by atoms with van der Waals surface area (Å²) in [6, 6.07) is 7.44. The molecule has 1 N–H and O–H groups in total. The highest BCUT2D eigenvalue weighted by molar-refractivity contribution is 6.30. The minimum atomic E-state index is -0.204. The maximum absolute atomic E-state index is 10.2. The first-order valence-corrected chi connectivity index (χ1v) is 8.89. The van der Waals surface area contributed by atoms with Crippen LogP contribution in [0.2, 0.25) is 5.02 Å². The fraction of sp³-hybridized carbons (Fsp3) is 0.556. The second kappa shape index (κ2) is 7.64. The van der Waals surface area contributed by atoms with Crippen LogP contribution < -0.4 is 0 Å². The summed E-state index contributed by atoms with van der Waals surface area (Å²) in [6.45, 7) is 6.70. The van der Waals surface area contributed by atoms with Crippen LogP contribution in [-0.2, 0) is 6.54 Å². The number of rotatable bonds is 5. The average Bonchev–Trinajstić information content (AvgIpc) is 3.03. The van der Waals surface area contributed by atoms with Crippen LogP contribution in [0.15, 0.2) is 28.8 Å². The van der Waals surface area contributed by atoms with Gasteiger partial charge in [0.05, 0.1) is 12.6 Å². The van der Waals surface area contributed by atoms with Crippen LogP contribution in [0, 0.1) is 11.8 Å². The van der Waals surface area contributed by atoms with Gasteiger partial charge in [-0.15, -0.1) is 0 Å². The molecule has 0 radical (unpaired) electrons. The summed E-state index contributed by atoms with van der Waals surface area (Å²) < 4.78 is 5.38. The van der Waals surface area contributed by atoms with E-state index in [0.717, 1.165) is 31.5 Å². The van der Waals surface area contributed by atoms with Crippen molar-refractivity contribution in [3.63, 3.8) is 0 Å². The number of aliphatic hydroxyl groups excluding tert-OH is 1. The molecule has 6 heteroatoms. The van der Waals surface area contributed by atoms with Crippen LogP contribution in [-0.4, -0.2) is 39.3 Å². The normalized spacial score (nSPS) is 18.2. The van der Waals surface area contributed by atoms with E-state index in [1.807, 2.05) is 24.3 Å². The molecule has 1 fully saturated rings. The van der Waals surface area contributed by atoms with Crippen molar-refractivity contribution in [2.24, 2.45) is 11.8 Å². The van der Waals surface area contributed by atoms with Gasteiger partial charge in [-0.25, -0.2) is 0 Å². The topological polar surface area (TPSA) is 62.4 Å². The van der Waals surface area contributed by atoms with Crippen LogP contribution in [0.4, 0.5) is 0 Å². The van der Waals surface area contributed by atoms with Gasteiger partial charge in [-0.3, -0.25) is 4.90 Å². The minimum absolute atomic E-state index is 0.204. The molecule has 0 bridgehead atoms. The van der Waals surface area contributed by atoms with Gasteiger partial charge in [0.1, 0.15) is 0 Å². The lowest BCUT2D eigenvalue weighted by atomic mass is 9.86. The van der Waals surface area contributed by atoms with Crippen LogP contribution in [0.25, 0.3) is 11.4 Å². The Balaban J connectivity index is 1.57. The fourth-order valence-electron chi connectivity index (χ4n) is 3.25. The second-order valence-corrected chi connectivity index (χ2v) is 7.31. The number of aromatic nitrogens is 2. The molecule has 24 heavy (non-hydrogen) atoms. The van der Waals surface area contributed by atoms with Gasteiger partial charge in [-0.05, 0) is 49.9 Å². The van der Waals surface area contributed by atoms with E-state index < -0.39 is 0 Å². The van der Waals surface area contributed by atoms with Crippen molar-refractivity contribution in [1.29, 1.82) is 0 Å². The number of piperidine rings is 1. The number of hydrogen-bond acceptors (Lipinski definition) is 5. The smallest absolute Gasteiger partial charge is 0.241 e. The van der Waals surface area contributed by atoms with E-state index in [-0.39, 0.29) is 6.10 Å². The Kier molecular flexibility index (Phi) is 5.54. The van der Waals surface area contributed by atoms with Gasteiger partial charge >= 0.3 is 0 Å². The molecule has 1 unspecified atom stereocenters. The molecule has 1 aromatic carbocycles. The Morgan fingerprint density at radius 1 is 1.33 bits per heavy atom. The van der Waals surface area contributed by atoms with E-state index in [0.29, 0.717) is 35.1 Å². The number of aliphatic hydroxyl groups is 1. The van der Waals surface area contributed by atoms with Crippen molar-refractivity contribution in [2.75, 3.05) is 13.1 Å². The third kappa shape index (κ3) is 4.15. The first-order chi connectivity index (χ1) is 11.5. The van der Waals surface area contributed by atoms with E-state index in [1.54, 1.807) is 0 Å². The van der Waals surface area contributed by atoms with Gasteiger partial charge in [-0.2, -0.15) is 4.98 Å². The number of hydrogen-bond donors (Lipinski definition) is 1. The lowest BCUT2D eigenvalue weighted by molar-refractivity contribution is 0.0251. The zero-order valence-corrected chi connectivity index (χ0v) is 14.9. The van der Waals surface area contributed by atoms with E-state index in [1.165, 1.54) is 0 Å². The van der Waals surface area contributed by atoms with Crippen molar-refractivity contribution in [1.82, 2.24) is 15.0 Å². The molecular weight excluding hydrogens is 326 g/mol. The lowest BCUT2D eigenvalue weighted by Gasteiger charge is -2.34. The Hall–Kier alpha value is -1.43. The highest BCUT2D eigenvalue weighted by Gasteiger charge is 2.27. The summed E-state index contributed by atoms with van der Waals surface area (Å²) in [5, 5.41) is 14.9. The van der Waals surface area contributed by atoms with Crippen LogP contribution in [0.5, 0.6) is 0 Å². The Morgan fingerprint density at radius 3 is 2.75 bits per heavy atom. The standard InChI is InChI=1S/C18H24ClN3O2/c1-12(2)17(23)13-6-8-22(9-7-13)11-16-20-18(21-24-16)14-4-3-5-15(19)10-14/h3-5,10,12-13,17,23H,6-9,11H2,1-2H3. The largest absolute Gasteiger partial charge is 0.393 e. The third-order valence-corrected chi connectivity index (χ3v) is 4.94. The van der Waals surface area contributed by atoms with E-state index in [4.69, 9.17) is 16.1 Å². The summed E-state index contributed by atoms with van der Waals surface area (Å²) in [6.07, 6.45) is 1.81. The highest BCUT2D eigenvalue weighted by Crippen LogP contribution is 2.26. The Labute approximate surface area is 147 Å². The molecule has 130 valence electrons. The zero-order valence-electron chi connectivity index (χ0n) is 14.2. The molecule has 5 nitrogen and oxygen atoms in total. The average molecular weight is 350 g/mol. The summed E-state index contributed by atoms with van der Waals surface area (Å²) in [5.74, 6) is 1.90. The molecule has 0 aliphatic carbocycles. The third-order valence-electron chi connectivity index (χ3n) is 4.71. The van der Waals surface area contributed by atoms with E-state index in [2.05, 4.69) is 28.9 Å². The van der Waals surface area contributed by atoms with Crippen LogP contribution in [0.1, 0.15) is 32.6 Å². The molecule has 2 heterocycles. The molecule has 2 aromatic rings. The summed E-state index contributed by atoms with van der Waals surface area (Å²) in [7, 11) is 0. The van der Waals surface area contributed by atoms with Crippen molar-refractivity contribution in [2.45, 2.75) is 39.3 Å². The Morgan fingerprint density at radius 2 is 2.08 bits per heavy atom. The predicted octanol–water partition coefficient (Wildman–Crippen LogP) is 3.62. The molecule has 1 saturated heterocycles. The molecule has 3 rings (SSSR count). The minimum Gasteiger partial charge on any atom is -0.393 e. The maximum atomic E-state index is 10.2. The summed E-state index contributed by atoms with van der Waals surface area (Å²) >= 11 is 6.00. The van der Waals surface area contributed by atoms with Gasteiger partial charge in [-0.1, -0.05) is 42.7 Å². The second-order valence-electron chi connectivity index (χ2n) is 6.87. The van der Waals surface area contributed by atoms with Crippen LogP contribution >= 0.6 is 11.6 Å². The predicted molar refractivity (Wildman–Crippen MR) is 93.6 cm³/mol. The van der Waals surface area contributed by atoms with Gasteiger partial charge < -0.3 is 9.63 Å². The lowest BCUT2D eigenvalue weighted by Crippen LogP contribution is -2.39. The molecule has 0 amide bonds. The quantitative estimate of drug-likeness (QED) is 0.893. The van der Waals surface area contributed by atoms with E-state index in [9.17, 15) is 5.11 Å². The molecule has 0 saturated carbocycles. The molecule has 1 aliphatic rings. The van der Waals surface area contributed by atoms with Crippen molar-refractivity contribution in [3.8, 4) is 11.4 Å². The molecular formula is C18H24ClN3O2. The monoisotopic (exact) mass is 349 g/mol. The fourth-order valence-corrected chi connectivity index (χ4v) is 3.44. The molecule has 1 atom stereocenters. The van der Waals surface area contributed by atoms with Gasteiger partial charge in [0.25, 0.3) is 0 Å². The molecule has 0 spiro atoms. The number of nitrogens with zero attached hydrogens (tertiary/aromatic N) is 3. The van der Waals surface area contributed by atoms with Gasteiger partial charge in [0.2, 0.25) is 11.7 Å². The van der Waals surface area contributed by atoms with Gasteiger partial charge in [0, 0.05) is 10.6 Å². The first-order valence-electron chi connectivity index (χ1n) is 8.52.